The lowest BCUT2D eigenvalue weighted by Crippen LogP contribution is -2.22. The van der Waals surface area contributed by atoms with Crippen molar-refractivity contribution in [1.29, 1.82) is 0 Å². The lowest BCUT2D eigenvalue weighted by Gasteiger charge is -2.20. The number of aliphatic hydroxyl groups excluding tert-OH is 1. The highest BCUT2D eigenvalue weighted by Gasteiger charge is 2.26. The van der Waals surface area contributed by atoms with Gasteiger partial charge < -0.3 is 10.2 Å². The number of hydrogen-bond donors (Lipinski definition) is 2. The fourth-order valence-corrected chi connectivity index (χ4v) is 1.88. The zero-order valence-electron chi connectivity index (χ0n) is 9.34. The van der Waals surface area contributed by atoms with E-state index in [0.29, 0.717) is 10.6 Å². The first-order valence-electron chi connectivity index (χ1n) is 5.16. The number of aromatic hydroxyl groups is 1. The maximum absolute atomic E-state index is 10.6. The van der Waals surface area contributed by atoms with Crippen molar-refractivity contribution in [3.05, 3.63) is 38.9 Å². The first-order valence-corrected chi connectivity index (χ1v) is 5.54. The van der Waals surface area contributed by atoms with Gasteiger partial charge in [-0.15, -0.1) is 0 Å². The van der Waals surface area contributed by atoms with Gasteiger partial charge in [-0.1, -0.05) is 18.5 Å². The zero-order valence-corrected chi connectivity index (χ0v) is 10.1. The summed E-state index contributed by atoms with van der Waals surface area (Å²) in [5.41, 5.74) is 0.399. The third-order valence-corrected chi connectivity index (χ3v) is 2.94. The Morgan fingerprint density at radius 2 is 2.18 bits per heavy atom. The number of phenolic OH excluding ortho intramolecular Hbond substituents is 1. The molecule has 0 unspecified atom stereocenters. The van der Waals surface area contributed by atoms with Crippen LogP contribution in [0.25, 0.3) is 0 Å². The van der Waals surface area contributed by atoms with Crippen molar-refractivity contribution >= 4 is 11.6 Å². The Labute approximate surface area is 104 Å². The van der Waals surface area contributed by atoms with Gasteiger partial charge in [-0.2, -0.15) is 0 Å². The number of aliphatic hydroxyl groups is 1. The normalized spacial score (nSPS) is 14.3. The predicted octanol–water partition coefficient (Wildman–Crippen LogP) is 2.03. The molecule has 0 saturated heterocycles. The van der Waals surface area contributed by atoms with E-state index >= 15 is 0 Å². The van der Waals surface area contributed by atoms with Gasteiger partial charge in [-0.25, -0.2) is 0 Å². The number of benzene rings is 1. The summed E-state index contributed by atoms with van der Waals surface area (Å²) in [6.45, 7) is 1.15. The van der Waals surface area contributed by atoms with Crippen LogP contribution in [0.2, 0.25) is 5.02 Å². The lowest BCUT2D eigenvalue weighted by molar-refractivity contribution is -0.485. The van der Waals surface area contributed by atoms with E-state index in [1.54, 1.807) is 6.92 Å². The SMILES string of the molecule is C[C@H](CO)[C@@H](C[N+](=O)[O-])c1cc(Cl)ccc1O. The molecule has 1 aromatic carbocycles. The minimum atomic E-state index is -0.561. The molecule has 0 heterocycles. The van der Waals surface area contributed by atoms with Crippen LogP contribution in [0.5, 0.6) is 5.75 Å². The highest BCUT2D eigenvalue weighted by atomic mass is 35.5. The van der Waals surface area contributed by atoms with Crippen LogP contribution < -0.4 is 0 Å². The molecule has 0 amide bonds. The summed E-state index contributed by atoms with van der Waals surface area (Å²) in [6.07, 6.45) is 0. The monoisotopic (exact) mass is 259 g/mol. The van der Waals surface area contributed by atoms with Crippen LogP contribution in [0.1, 0.15) is 18.4 Å². The Morgan fingerprint density at radius 1 is 1.53 bits per heavy atom. The number of nitrogens with zero attached hydrogens (tertiary/aromatic N) is 1. The molecular weight excluding hydrogens is 246 g/mol. The van der Waals surface area contributed by atoms with Crippen molar-refractivity contribution in [2.75, 3.05) is 13.2 Å². The second kappa shape index (κ2) is 5.84. The molecule has 17 heavy (non-hydrogen) atoms. The minimum absolute atomic E-state index is 0.0402. The summed E-state index contributed by atoms with van der Waals surface area (Å²) in [5.74, 6) is -0.931. The predicted molar refractivity (Wildman–Crippen MR) is 64.0 cm³/mol. The molecule has 0 aliphatic carbocycles. The summed E-state index contributed by atoms with van der Waals surface area (Å²) in [7, 11) is 0. The van der Waals surface area contributed by atoms with Crippen molar-refractivity contribution in [2.24, 2.45) is 5.92 Å². The van der Waals surface area contributed by atoms with Gasteiger partial charge in [0.2, 0.25) is 6.54 Å². The van der Waals surface area contributed by atoms with E-state index in [1.807, 2.05) is 0 Å². The third kappa shape index (κ3) is 3.57. The summed E-state index contributed by atoms with van der Waals surface area (Å²) in [6, 6.07) is 4.40. The maximum Gasteiger partial charge on any atom is 0.211 e. The summed E-state index contributed by atoms with van der Waals surface area (Å²) in [4.78, 5) is 10.1. The first kappa shape index (κ1) is 13.7. The topological polar surface area (TPSA) is 83.6 Å². The number of halogens is 1. The highest BCUT2D eigenvalue weighted by molar-refractivity contribution is 6.30. The highest BCUT2D eigenvalue weighted by Crippen LogP contribution is 2.33. The van der Waals surface area contributed by atoms with Crippen molar-refractivity contribution in [3.8, 4) is 5.75 Å². The van der Waals surface area contributed by atoms with Gasteiger partial charge in [0.15, 0.2) is 0 Å². The van der Waals surface area contributed by atoms with Crippen LogP contribution >= 0.6 is 11.6 Å². The maximum atomic E-state index is 10.6. The van der Waals surface area contributed by atoms with Gasteiger partial charge in [0.05, 0.1) is 5.92 Å². The van der Waals surface area contributed by atoms with E-state index in [2.05, 4.69) is 0 Å². The van der Waals surface area contributed by atoms with Crippen molar-refractivity contribution in [3.63, 3.8) is 0 Å². The van der Waals surface area contributed by atoms with Gasteiger partial charge in [0.1, 0.15) is 5.75 Å². The Morgan fingerprint density at radius 3 is 2.71 bits per heavy atom. The molecule has 0 radical (unpaired) electrons. The fraction of sp³-hybridized carbons (Fsp3) is 0.455. The number of nitro groups is 1. The van der Waals surface area contributed by atoms with Crippen LogP contribution in [-0.2, 0) is 0 Å². The van der Waals surface area contributed by atoms with Crippen LogP contribution in [0.3, 0.4) is 0 Å². The van der Waals surface area contributed by atoms with E-state index in [4.69, 9.17) is 16.7 Å². The van der Waals surface area contributed by atoms with E-state index in [-0.39, 0.29) is 24.8 Å². The van der Waals surface area contributed by atoms with E-state index in [9.17, 15) is 15.2 Å². The zero-order chi connectivity index (χ0) is 13.0. The second-order valence-corrected chi connectivity index (χ2v) is 4.42. The van der Waals surface area contributed by atoms with E-state index in [1.165, 1.54) is 18.2 Å². The molecule has 0 saturated carbocycles. The molecule has 1 rings (SSSR count). The Bertz CT molecular complexity index is 410. The second-order valence-electron chi connectivity index (χ2n) is 3.98. The summed E-state index contributed by atoms with van der Waals surface area (Å²) < 4.78 is 0. The third-order valence-electron chi connectivity index (χ3n) is 2.71. The van der Waals surface area contributed by atoms with Crippen molar-refractivity contribution in [1.82, 2.24) is 0 Å². The average Bonchev–Trinajstić information content (AvgIpc) is 2.28. The molecule has 0 aliphatic heterocycles. The number of rotatable bonds is 5. The smallest absolute Gasteiger partial charge is 0.211 e. The quantitative estimate of drug-likeness (QED) is 0.626. The molecule has 0 aromatic heterocycles. The van der Waals surface area contributed by atoms with Crippen molar-refractivity contribution < 1.29 is 15.1 Å². The summed E-state index contributed by atoms with van der Waals surface area (Å²) in [5, 5.41) is 29.8. The largest absolute Gasteiger partial charge is 0.508 e. The Kier molecular flexibility index (Phi) is 4.72. The van der Waals surface area contributed by atoms with Crippen LogP contribution in [0.4, 0.5) is 0 Å². The standard InChI is InChI=1S/C11H14ClNO4/c1-7(6-14)10(5-13(16)17)9-4-8(12)2-3-11(9)15/h2-4,7,10,14-15H,5-6H2,1H3/t7-,10-/m1/s1. The van der Waals surface area contributed by atoms with Crippen LogP contribution in [0, 0.1) is 16.0 Å². The molecule has 94 valence electrons. The van der Waals surface area contributed by atoms with Gasteiger partial charge in [0, 0.05) is 22.1 Å². The lowest BCUT2D eigenvalue weighted by atomic mass is 9.87. The molecule has 0 spiro atoms. The van der Waals surface area contributed by atoms with Crippen molar-refractivity contribution in [2.45, 2.75) is 12.8 Å². The minimum Gasteiger partial charge on any atom is -0.508 e. The molecule has 6 heteroatoms. The Balaban J connectivity index is 3.11. The van der Waals surface area contributed by atoms with Gasteiger partial charge >= 0.3 is 0 Å². The van der Waals surface area contributed by atoms with Crippen LogP contribution in [0.15, 0.2) is 18.2 Å². The molecule has 5 nitrogen and oxygen atoms in total. The molecule has 0 bridgehead atoms. The molecule has 0 fully saturated rings. The van der Waals surface area contributed by atoms with Gasteiger partial charge in [-0.3, -0.25) is 10.1 Å². The van der Waals surface area contributed by atoms with Gasteiger partial charge in [-0.05, 0) is 24.1 Å². The van der Waals surface area contributed by atoms with Gasteiger partial charge in [0.25, 0.3) is 0 Å². The van der Waals surface area contributed by atoms with Crippen LogP contribution in [-0.4, -0.2) is 28.3 Å². The summed E-state index contributed by atoms with van der Waals surface area (Å²) >= 11 is 5.80. The number of hydrogen-bond acceptors (Lipinski definition) is 4. The Hall–Kier alpha value is -1.33. The molecule has 0 aliphatic rings. The fourth-order valence-electron chi connectivity index (χ4n) is 1.70. The molecule has 2 N–H and O–H groups in total. The van der Waals surface area contributed by atoms with E-state index in [0.717, 1.165) is 0 Å². The molecule has 1 aromatic rings. The average molecular weight is 260 g/mol. The molecular formula is C11H14ClNO4. The van der Waals surface area contributed by atoms with E-state index < -0.39 is 10.8 Å². The first-order chi connectivity index (χ1) is 7.95. The molecule has 2 atom stereocenters. The number of phenols is 1.